The van der Waals surface area contributed by atoms with Crippen molar-refractivity contribution in [3.05, 3.63) is 0 Å². The molecule has 3 rings (SSSR count). The van der Waals surface area contributed by atoms with Crippen LogP contribution < -0.4 is 11.1 Å². The van der Waals surface area contributed by atoms with Gasteiger partial charge in [-0.3, -0.25) is 0 Å². The minimum atomic E-state index is 0.291. The Morgan fingerprint density at radius 1 is 1.24 bits per heavy atom. The molecule has 0 radical (unpaired) electrons. The molecule has 3 heteroatoms. The van der Waals surface area contributed by atoms with Crippen LogP contribution in [0.1, 0.15) is 39.0 Å². The molecule has 2 aliphatic carbocycles. The van der Waals surface area contributed by atoms with Crippen molar-refractivity contribution in [3.8, 4) is 0 Å². The maximum Gasteiger partial charge on any atom is 0.0483 e. The van der Waals surface area contributed by atoms with Crippen LogP contribution in [0.25, 0.3) is 0 Å². The van der Waals surface area contributed by atoms with Gasteiger partial charge in [-0.05, 0) is 56.8 Å². The van der Waals surface area contributed by atoms with E-state index in [0.29, 0.717) is 11.6 Å². The van der Waals surface area contributed by atoms with Gasteiger partial charge in [-0.1, -0.05) is 0 Å². The fourth-order valence-corrected chi connectivity index (χ4v) is 4.12. The van der Waals surface area contributed by atoms with E-state index in [1.54, 1.807) is 0 Å². The van der Waals surface area contributed by atoms with Crippen LogP contribution >= 0.6 is 0 Å². The van der Waals surface area contributed by atoms with Gasteiger partial charge in [0.05, 0.1) is 0 Å². The fourth-order valence-electron chi connectivity index (χ4n) is 4.12. The van der Waals surface area contributed by atoms with Crippen molar-refractivity contribution >= 4 is 0 Å². The second kappa shape index (κ2) is 4.52. The lowest BCUT2D eigenvalue weighted by Gasteiger charge is -2.38. The van der Waals surface area contributed by atoms with Gasteiger partial charge < -0.3 is 15.8 Å². The van der Waals surface area contributed by atoms with Gasteiger partial charge in [0.1, 0.15) is 0 Å². The van der Waals surface area contributed by atoms with Crippen molar-refractivity contribution in [3.63, 3.8) is 0 Å². The number of nitrogens with one attached hydrogen (secondary N) is 1. The third kappa shape index (κ3) is 2.25. The standard InChI is InChI=1S/C14H26N2O/c1-14(4-6-17-7-5-14)16-9-12-10-2-3-11(8-10)13(12)15/h10-13,16H,2-9,15H2,1H3. The van der Waals surface area contributed by atoms with E-state index in [0.717, 1.165) is 50.4 Å². The number of hydrogen-bond acceptors (Lipinski definition) is 3. The van der Waals surface area contributed by atoms with Crippen LogP contribution in [-0.2, 0) is 4.74 Å². The molecule has 3 fully saturated rings. The zero-order valence-electron chi connectivity index (χ0n) is 11.0. The number of hydrogen-bond donors (Lipinski definition) is 2. The van der Waals surface area contributed by atoms with E-state index in [9.17, 15) is 0 Å². The Balaban J connectivity index is 1.54. The van der Waals surface area contributed by atoms with E-state index in [4.69, 9.17) is 10.5 Å². The first-order chi connectivity index (χ1) is 8.18. The van der Waals surface area contributed by atoms with Crippen molar-refractivity contribution < 1.29 is 4.74 Å². The smallest absolute Gasteiger partial charge is 0.0483 e. The third-order valence-corrected chi connectivity index (χ3v) is 5.52. The molecule has 3 N–H and O–H groups in total. The lowest BCUT2D eigenvalue weighted by molar-refractivity contribution is 0.0421. The molecule has 0 aromatic heterocycles. The van der Waals surface area contributed by atoms with Crippen LogP contribution in [0.15, 0.2) is 0 Å². The second-order valence-corrected chi connectivity index (χ2v) is 6.63. The SMILES string of the molecule is CC1(NCC2C3CCC(C3)C2N)CCOCC1. The number of rotatable bonds is 3. The predicted octanol–water partition coefficient (Wildman–Crippen LogP) is 1.52. The van der Waals surface area contributed by atoms with E-state index < -0.39 is 0 Å². The first-order valence-electron chi connectivity index (χ1n) is 7.26. The number of fused-ring (bicyclic) bond motifs is 2. The number of nitrogens with two attached hydrogens (primary N) is 1. The summed E-state index contributed by atoms with van der Waals surface area (Å²) in [6, 6.07) is 0.463. The summed E-state index contributed by atoms with van der Waals surface area (Å²) in [5.41, 5.74) is 6.65. The highest BCUT2D eigenvalue weighted by atomic mass is 16.5. The van der Waals surface area contributed by atoms with Crippen LogP contribution in [0.5, 0.6) is 0 Å². The molecule has 0 amide bonds. The number of ether oxygens (including phenoxy) is 1. The quantitative estimate of drug-likeness (QED) is 0.783. The summed E-state index contributed by atoms with van der Waals surface area (Å²) >= 11 is 0. The molecule has 1 aliphatic heterocycles. The highest BCUT2D eigenvalue weighted by Crippen LogP contribution is 2.47. The van der Waals surface area contributed by atoms with Crippen molar-refractivity contribution in [1.82, 2.24) is 5.32 Å². The largest absolute Gasteiger partial charge is 0.381 e. The molecular weight excluding hydrogens is 212 g/mol. The van der Waals surface area contributed by atoms with Gasteiger partial charge in [-0.2, -0.15) is 0 Å². The van der Waals surface area contributed by atoms with Crippen molar-refractivity contribution in [2.75, 3.05) is 19.8 Å². The summed E-state index contributed by atoms with van der Waals surface area (Å²) in [6.07, 6.45) is 6.48. The van der Waals surface area contributed by atoms with Gasteiger partial charge in [0.2, 0.25) is 0 Å². The molecule has 0 aromatic carbocycles. The van der Waals surface area contributed by atoms with Crippen molar-refractivity contribution in [2.45, 2.75) is 50.6 Å². The average molecular weight is 238 g/mol. The maximum atomic E-state index is 6.36. The summed E-state index contributed by atoms with van der Waals surface area (Å²) in [6.45, 7) is 5.28. The summed E-state index contributed by atoms with van der Waals surface area (Å²) in [5, 5.41) is 3.80. The minimum absolute atomic E-state index is 0.291. The molecule has 0 spiro atoms. The first-order valence-corrected chi connectivity index (χ1v) is 7.26. The highest BCUT2D eigenvalue weighted by molar-refractivity contribution is 5.00. The Labute approximate surface area is 104 Å². The molecule has 17 heavy (non-hydrogen) atoms. The van der Waals surface area contributed by atoms with Gasteiger partial charge in [-0.25, -0.2) is 0 Å². The van der Waals surface area contributed by atoms with Gasteiger partial charge >= 0.3 is 0 Å². The van der Waals surface area contributed by atoms with E-state index in [1.807, 2.05) is 0 Å². The summed E-state index contributed by atoms with van der Waals surface area (Å²) in [7, 11) is 0. The first kappa shape index (κ1) is 11.9. The molecule has 4 atom stereocenters. The van der Waals surface area contributed by atoms with Gasteiger partial charge in [-0.15, -0.1) is 0 Å². The fraction of sp³-hybridized carbons (Fsp3) is 1.00. The van der Waals surface area contributed by atoms with Crippen molar-refractivity contribution in [2.24, 2.45) is 23.5 Å². The summed E-state index contributed by atoms with van der Waals surface area (Å²) in [4.78, 5) is 0. The zero-order valence-corrected chi connectivity index (χ0v) is 11.0. The van der Waals surface area contributed by atoms with Crippen molar-refractivity contribution in [1.29, 1.82) is 0 Å². The van der Waals surface area contributed by atoms with E-state index >= 15 is 0 Å². The molecule has 3 aliphatic rings. The maximum absolute atomic E-state index is 6.36. The van der Waals surface area contributed by atoms with E-state index in [1.165, 1.54) is 19.3 Å². The normalized spacial score (nSPS) is 44.1. The van der Waals surface area contributed by atoms with Gasteiger partial charge in [0, 0.05) is 31.3 Å². The van der Waals surface area contributed by atoms with E-state index in [-0.39, 0.29) is 0 Å². The summed E-state index contributed by atoms with van der Waals surface area (Å²) < 4.78 is 5.44. The summed E-state index contributed by atoms with van der Waals surface area (Å²) in [5.74, 6) is 2.47. The van der Waals surface area contributed by atoms with Crippen LogP contribution in [0.3, 0.4) is 0 Å². The molecular formula is C14H26N2O. The van der Waals surface area contributed by atoms with Gasteiger partial charge in [0.15, 0.2) is 0 Å². The lowest BCUT2D eigenvalue weighted by atomic mass is 9.83. The predicted molar refractivity (Wildman–Crippen MR) is 68.8 cm³/mol. The lowest BCUT2D eigenvalue weighted by Crippen LogP contribution is -2.51. The molecule has 1 saturated heterocycles. The highest BCUT2D eigenvalue weighted by Gasteiger charge is 2.45. The van der Waals surface area contributed by atoms with Crippen LogP contribution in [-0.4, -0.2) is 31.3 Å². The van der Waals surface area contributed by atoms with Crippen LogP contribution in [0.4, 0.5) is 0 Å². The molecule has 4 unspecified atom stereocenters. The zero-order chi connectivity index (χ0) is 11.9. The Morgan fingerprint density at radius 3 is 2.59 bits per heavy atom. The Bertz CT molecular complexity index is 273. The Kier molecular flexibility index (Phi) is 3.18. The van der Waals surface area contributed by atoms with Crippen LogP contribution in [0, 0.1) is 17.8 Å². The minimum Gasteiger partial charge on any atom is -0.381 e. The third-order valence-electron chi connectivity index (χ3n) is 5.52. The molecule has 1 heterocycles. The Hall–Kier alpha value is -0.120. The van der Waals surface area contributed by atoms with Crippen LogP contribution in [0.2, 0.25) is 0 Å². The topological polar surface area (TPSA) is 47.3 Å². The monoisotopic (exact) mass is 238 g/mol. The average Bonchev–Trinajstić information content (AvgIpc) is 2.89. The molecule has 3 nitrogen and oxygen atoms in total. The molecule has 2 saturated carbocycles. The molecule has 0 aromatic rings. The van der Waals surface area contributed by atoms with Gasteiger partial charge in [0.25, 0.3) is 0 Å². The molecule has 2 bridgehead atoms. The Morgan fingerprint density at radius 2 is 1.94 bits per heavy atom. The molecule has 98 valence electrons. The van der Waals surface area contributed by atoms with E-state index in [2.05, 4.69) is 12.2 Å². The second-order valence-electron chi connectivity index (χ2n) is 6.63.